The van der Waals surface area contributed by atoms with Crippen LogP contribution >= 0.6 is 0 Å². The van der Waals surface area contributed by atoms with E-state index in [-0.39, 0.29) is 0 Å². The van der Waals surface area contributed by atoms with Crippen molar-refractivity contribution < 1.29 is 0 Å². The van der Waals surface area contributed by atoms with E-state index in [1.54, 1.807) is 0 Å². The number of para-hydroxylation sites is 2. The summed E-state index contributed by atoms with van der Waals surface area (Å²) in [6.45, 7) is 0. The summed E-state index contributed by atoms with van der Waals surface area (Å²) in [6, 6.07) is 97.6. The predicted octanol–water partition coefficient (Wildman–Crippen LogP) is 18.4. The summed E-state index contributed by atoms with van der Waals surface area (Å²) < 4.78 is 2.45. The van der Waals surface area contributed by atoms with Gasteiger partial charge in [0, 0.05) is 33.1 Å². The number of rotatable bonds is 8. The SMILES string of the molecule is c1ccc(-c2cc(-c3ccc(N(c4ccccc4-c4ccccc4)c4ccc(-c5ccc6ccccc6c5)c5ccccc45)cc3)cc(-n3c4ccccc4c4c5ccccc5ccc43)c2)cc1. The van der Waals surface area contributed by atoms with E-state index in [4.69, 9.17) is 0 Å². The van der Waals surface area contributed by atoms with E-state index in [1.807, 2.05) is 0 Å². The van der Waals surface area contributed by atoms with E-state index in [0.717, 1.165) is 33.9 Å². The molecule has 2 nitrogen and oxygen atoms in total. The predicted molar refractivity (Wildman–Crippen MR) is 290 cm³/mol. The van der Waals surface area contributed by atoms with Gasteiger partial charge in [-0.15, -0.1) is 0 Å². The Bertz CT molecular complexity index is 4020. The lowest BCUT2D eigenvalue weighted by Gasteiger charge is -2.29. The van der Waals surface area contributed by atoms with Crippen molar-refractivity contribution in [2.45, 2.75) is 0 Å². The quantitative estimate of drug-likeness (QED) is 0.148. The summed E-state index contributed by atoms with van der Waals surface area (Å²) in [6.07, 6.45) is 0. The highest BCUT2D eigenvalue weighted by Crippen LogP contribution is 2.46. The second kappa shape index (κ2) is 16.5. The van der Waals surface area contributed by atoms with Crippen LogP contribution in [0.1, 0.15) is 0 Å². The van der Waals surface area contributed by atoms with Gasteiger partial charge in [0.15, 0.2) is 0 Å². The summed E-state index contributed by atoms with van der Waals surface area (Å²) in [5.41, 5.74) is 16.2. The number of hydrogen-bond acceptors (Lipinski definition) is 1. The third-order valence-electron chi connectivity index (χ3n) is 13.7. The fraction of sp³-hybridized carbons (Fsp3) is 0. The first-order chi connectivity index (χ1) is 33.7. The normalized spacial score (nSPS) is 11.5. The molecule has 12 aromatic carbocycles. The molecular weight excluding hydrogens is 821 g/mol. The second-order valence-electron chi connectivity index (χ2n) is 17.7. The molecule has 68 heavy (non-hydrogen) atoms. The van der Waals surface area contributed by atoms with Gasteiger partial charge in [-0.2, -0.15) is 0 Å². The molecule has 0 amide bonds. The molecule has 1 aromatic heterocycles. The lowest BCUT2D eigenvalue weighted by Crippen LogP contribution is -2.12. The zero-order valence-corrected chi connectivity index (χ0v) is 37.3. The van der Waals surface area contributed by atoms with Crippen LogP contribution in [0.5, 0.6) is 0 Å². The lowest BCUT2D eigenvalue weighted by atomic mass is 9.94. The van der Waals surface area contributed by atoms with Crippen molar-refractivity contribution in [3.8, 4) is 50.2 Å². The highest BCUT2D eigenvalue weighted by atomic mass is 15.1. The summed E-state index contributed by atoms with van der Waals surface area (Å²) in [5.74, 6) is 0. The van der Waals surface area contributed by atoms with Crippen LogP contribution in [0.2, 0.25) is 0 Å². The number of benzene rings is 12. The van der Waals surface area contributed by atoms with Gasteiger partial charge < -0.3 is 9.47 Å². The van der Waals surface area contributed by atoms with Gasteiger partial charge in [-0.25, -0.2) is 0 Å². The molecule has 0 atom stereocenters. The van der Waals surface area contributed by atoms with Gasteiger partial charge in [-0.1, -0.05) is 206 Å². The van der Waals surface area contributed by atoms with Gasteiger partial charge in [0.05, 0.1) is 22.4 Å². The average Bonchev–Trinajstić information content (AvgIpc) is 3.76. The Morgan fingerprint density at radius 2 is 0.838 bits per heavy atom. The first kappa shape index (κ1) is 39.4. The number of nitrogens with zero attached hydrogens (tertiary/aromatic N) is 2. The van der Waals surface area contributed by atoms with E-state index >= 15 is 0 Å². The molecule has 0 spiro atoms. The zero-order valence-electron chi connectivity index (χ0n) is 37.3. The number of anilines is 3. The molecule has 0 N–H and O–H groups in total. The first-order valence-electron chi connectivity index (χ1n) is 23.4. The Kier molecular flexibility index (Phi) is 9.54. The van der Waals surface area contributed by atoms with Crippen molar-refractivity contribution in [1.29, 1.82) is 0 Å². The van der Waals surface area contributed by atoms with Gasteiger partial charge in [0.25, 0.3) is 0 Å². The largest absolute Gasteiger partial charge is 0.309 e. The molecule has 0 radical (unpaired) electrons. The summed E-state index contributed by atoms with van der Waals surface area (Å²) in [4.78, 5) is 2.45. The van der Waals surface area contributed by atoms with Gasteiger partial charge in [-0.3, -0.25) is 0 Å². The summed E-state index contributed by atoms with van der Waals surface area (Å²) >= 11 is 0. The lowest BCUT2D eigenvalue weighted by molar-refractivity contribution is 1.18. The minimum atomic E-state index is 1.08. The Labute approximate surface area is 395 Å². The fourth-order valence-electron chi connectivity index (χ4n) is 10.5. The standard InChI is InChI=1S/C66H44N2/c1-3-17-45(18-4-1)52-42-53(44-55(43-52)68-63-30-16-14-28-61(63)66-58-25-10-9-22-49(58)35-39-65(66)68)47-33-36-54(37-34-47)67(62-29-15-13-24-57(62)48-20-5-2-6-21-48)64-40-38-56(59-26-11-12-27-60(59)64)51-32-31-46-19-7-8-23-50(46)41-51/h1-44H. The van der Waals surface area contributed by atoms with Gasteiger partial charge >= 0.3 is 0 Å². The van der Waals surface area contributed by atoms with Gasteiger partial charge in [0.1, 0.15) is 0 Å². The Balaban J connectivity index is 0.992. The van der Waals surface area contributed by atoms with Crippen LogP contribution < -0.4 is 4.90 Å². The van der Waals surface area contributed by atoms with Crippen LogP contribution in [0.3, 0.4) is 0 Å². The molecule has 13 aromatic rings. The fourth-order valence-corrected chi connectivity index (χ4v) is 10.5. The molecule has 0 saturated heterocycles. The van der Waals surface area contributed by atoms with E-state index in [2.05, 4.69) is 276 Å². The monoisotopic (exact) mass is 864 g/mol. The number of fused-ring (bicyclic) bond motifs is 7. The van der Waals surface area contributed by atoms with Crippen molar-refractivity contribution in [1.82, 2.24) is 4.57 Å². The van der Waals surface area contributed by atoms with Crippen LogP contribution in [0.15, 0.2) is 267 Å². The van der Waals surface area contributed by atoms with Crippen LogP contribution in [-0.2, 0) is 0 Å². The topological polar surface area (TPSA) is 8.17 Å². The van der Waals surface area contributed by atoms with Crippen molar-refractivity contribution >= 4 is 71.2 Å². The van der Waals surface area contributed by atoms with Crippen molar-refractivity contribution in [3.05, 3.63) is 267 Å². The first-order valence-corrected chi connectivity index (χ1v) is 23.4. The molecule has 2 heteroatoms. The number of aromatic nitrogens is 1. The van der Waals surface area contributed by atoms with Crippen molar-refractivity contribution in [2.75, 3.05) is 4.90 Å². The van der Waals surface area contributed by atoms with E-state index in [0.29, 0.717) is 0 Å². The molecule has 0 saturated carbocycles. The van der Waals surface area contributed by atoms with Gasteiger partial charge in [0.2, 0.25) is 0 Å². The molecule has 318 valence electrons. The number of hydrogen-bond donors (Lipinski definition) is 0. The van der Waals surface area contributed by atoms with Crippen LogP contribution in [0.4, 0.5) is 17.1 Å². The molecule has 0 aliphatic carbocycles. The van der Waals surface area contributed by atoms with Crippen LogP contribution in [0, 0.1) is 0 Å². The maximum Gasteiger partial charge on any atom is 0.0547 e. The maximum absolute atomic E-state index is 2.45. The summed E-state index contributed by atoms with van der Waals surface area (Å²) in [5, 5.41) is 9.93. The average molecular weight is 865 g/mol. The minimum absolute atomic E-state index is 1.08. The van der Waals surface area contributed by atoms with Crippen LogP contribution in [0.25, 0.3) is 104 Å². The Hall–Kier alpha value is -8.98. The van der Waals surface area contributed by atoms with Crippen LogP contribution in [-0.4, -0.2) is 4.57 Å². The molecule has 1 heterocycles. The molecule has 0 aliphatic rings. The minimum Gasteiger partial charge on any atom is -0.309 e. The molecule has 0 unspecified atom stereocenters. The maximum atomic E-state index is 2.45. The molecule has 0 aliphatic heterocycles. The van der Waals surface area contributed by atoms with Gasteiger partial charge in [-0.05, 0) is 127 Å². The third-order valence-corrected chi connectivity index (χ3v) is 13.7. The summed E-state index contributed by atoms with van der Waals surface area (Å²) in [7, 11) is 0. The van der Waals surface area contributed by atoms with E-state index in [1.165, 1.54) is 87.5 Å². The van der Waals surface area contributed by atoms with Crippen molar-refractivity contribution in [3.63, 3.8) is 0 Å². The van der Waals surface area contributed by atoms with E-state index < -0.39 is 0 Å². The zero-order chi connectivity index (χ0) is 45.0. The van der Waals surface area contributed by atoms with E-state index in [9.17, 15) is 0 Å². The molecule has 0 fully saturated rings. The molecule has 0 bridgehead atoms. The molecular formula is C66H44N2. The highest BCUT2D eigenvalue weighted by molar-refractivity contribution is 6.21. The van der Waals surface area contributed by atoms with Crippen molar-refractivity contribution in [2.24, 2.45) is 0 Å². The second-order valence-corrected chi connectivity index (χ2v) is 17.7. The Morgan fingerprint density at radius 1 is 0.265 bits per heavy atom. The third kappa shape index (κ3) is 6.73. The highest BCUT2D eigenvalue weighted by Gasteiger charge is 2.22. The molecule has 13 rings (SSSR count). The Morgan fingerprint density at radius 3 is 1.62 bits per heavy atom. The smallest absolute Gasteiger partial charge is 0.0547 e.